The molecule has 1 aromatic carbocycles. The molecule has 0 fully saturated rings. The molecule has 0 amide bonds. The molecule has 0 N–H and O–H groups in total. The molecule has 0 aliphatic heterocycles. The van der Waals surface area contributed by atoms with Crippen LogP contribution in [0.1, 0.15) is 39.3 Å². The average Bonchev–Trinajstić information content (AvgIpc) is 3.37. The van der Waals surface area contributed by atoms with Gasteiger partial charge < -0.3 is 4.42 Å². The average molecular weight is 391 g/mol. The maximum Gasteiger partial charge on any atom is 0.272 e. The van der Waals surface area contributed by atoms with Crippen molar-refractivity contribution in [1.82, 2.24) is 0 Å². The number of hydrogen-bond acceptors (Lipinski definition) is 6. The number of aliphatic imine (C=N–C) groups is 1. The van der Waals surface area contributed by atoms with Gasteiger partial charge in [-0.2, -0.15) is 5.26 Å². The Bertz CT molecular complexity index is 1160. The summed E-state index contributed by atoms with van der Waals surface area (Å²) in [5.74, 6) is 1.20. The van der Waals surface area contributed by atoms with E-state index in [9.17, 15) is 15.4 Å². The number of nitro benzene ring substituents is 1. The van der Waals surface area contributed by atoms with Crippen LogP contribution < -0.4 is 0 Å². The third-order valence-electron chi connectivity index (χ3n) is 5.17. The summed E-state index contributed by atoms with van der Waals surface area (Å²) in [6.45, 7) is 3.59. The molecule has 140 valence electrons. The van der Waals surface area contributed by atoms with E-state index in [1.54, 1.807) is 30.5 Å². The van der Waals surface area contributed by atoms with Crippen LogP contribution in [0.4, 0.5) is 10.7 Å². The van der Waals surface area contributed by atoms with Crippen molar-refractivity contribution in [3.63, 3.8) is 0 Å². The lowest BCUT2D eigenvalue weighted by atomic mass is 10.00. The minimum atomic E-state index is -0.377. The van der Waals surface area contributed by atoms with Crippen molar-refractivity contribution in [3.8, 4) is 17.4 Å². The Morgan fingerprint density at radius 2 is 2.07 bits per heavy atom. The van der Waals surface area contributed by atoms with Gasteiger partial charge in [0.15, 0.2) is 0 Å². The zero-order valence-electron chi connectivity index (χ0n) is 15.5. The molecule has 7 heteroatoms. The molecule has 6 nitrogen and oxygen atoms in total. The summed E-state index contributed by atoms with van der Waals surface area (Å²) in [6.07, 6.45) is 4.70. The molecule has 0 spiro atoms. The summed E-state index contributed by atoms with van der Waals surface area (Å²) in [6, 6.07) is 9.12. The summed E-state index contributed by atoms with van der Waals surface area (Å²) in [5, 5.41) is 21.3. The lowest BCUT2D eigenvalue weighted by Gasteiger charge is -2.06. The fourth-order valence-corrected chi connectivity index (χ4v) is 4.74. The fraction of sp³-hybridized carbons (Fsp3) is 0.238. The Kier molecular flexibility index (Phi) is 4.57. The Balaban J connectivity index is 1.63. The molecule has 3 aromatic rings. The first-order valence-electron chi connectivity index (χ1n) is 8.93. The monoisotopic (exact) mass is 391 g/mol. The third kappa shape index (κ3) is 3.02. The maximum atomic E-state index is 11.1. The molecule has 0 radical (unpaired) electrons. The van der Waals surface area contributed by atoms with Crippen molar-refractivity contribution < 1.29 is 9.34 Å². The highest BCUT2D eigenvalue weighted by Gasteiger charge is 2.22. The van der Waals surface area contributed by atoms with E-state index in [0.717, 1.165) is 41.0 Å². The number of benzene rings is 1. The number of hydrogen-bond donors (Lipinski definition) is 0. The number of nitrogens with zero attached hydrogens (tertiary/aromatic N) is 3. The van der Waals surface area contributed by atoms with Gasteiger partial charge in [-0.05, 0) is 62.4 Å². The van der Waals surface area contributed by atoms with Crippen molar-refractivity contribution in [2.45, 2.75) is 33.1 Å². The van der Waals surface area contributed by atoms with Crippen LogP contribution >= 0.6 is 11.3 Å². The summed E-state index contributed by atoms with van der Waals surface area (Å²) >= 11 is 1.58. The molecule has 0 bridgehead atoms. The standard InChI is InChI=1S/C21H17N3O3S/c1-12-13(2)18(24(25)26)8-7-15(12)19-9-6-14(27-19)11-23-21-17(10-22)16-4-3-5-20(16)28-21/h6-9,11H,3-5H2,1-2H3. The SMILES string of the molecule is Cc1c(-c2ccc(C=Nc3sc4c(c3C#N)CCC4)o2)ccc([N+](=O)[O-])c1C. The third-order valence-corrected chi connectivity index (χ3v) is 6.37. The van der Waals surface area contributed by atoms with Crippen LogP contribution in [0, 0.1) is 35.3 Å². The lowest BCUT2D eigenvalue weighted by Crippen LogP contribution is -1.95. The summed E-state index contributed by atoms with van der Waals surface area (Å²) in [4.78, 5) is 16.5. The first-order chi connectivity index (χ1) is 13.5. The van der Waals surface area contributed by atoms with Crippen molar-refractivity contribution >= 4 is 28.2 Å². The Morgan fingerprint density at radius 3 is 2.82 bits per heavy atom. The van der Waals surface area contributed by atoms with Gasteiger partial charge in [-0.3, -0.25) is 10.1 Å². The van der Waals surface area contributed by atoms with Crippen LogP contribution in [0.25, 0.3) is 11.3 Å². The van der Waals surface area contributed by atoms with Gasteiger partial charge in [-0.15, -0.1) is 11.3 Å². The van der Waals surface area contributed by atoms with Crippen LogP contribution in [0.15, 0.2) is 33.7 Å². The largest absolute Gasteiger partial charge is 0.455 e. The molecule has 0 saturated heterocycles. The van der Waals surface area contributed by atoms with Crippen LogP contribution in [-0.2, 0) is 12.8 Å². The number of aryl methyl sites for hydroxylation is 1. The molecule has 2 heterocycles. The maximum absolute atomic E-state index is 11.1. The number of furan rings is 1. The van der Waals surface area contributed by atoms with Crippen LogP contribution in [-0.4, -0.2) is 11.1 Å². The van der Waals surface area contributed by atoms with E-state index in [0.29, 0.717) is 22.6 Å². The molecule has 0 atom stereocenters. The summed E-state index contributed by atoms with van der Waals surface area (Å²) < 4.78 is 5.88. The molecular formula is C21H17N3O3S. The van der Waals surface area contributed by atoms with Crippen LogP contribution in [0.2, 0.25) is 0 Å². The first-order valence-corrected chi connectivity index (χ1v) is 9.74. The smallest absolute Gasteiger partial charge is 0.272 e. The molecule has 0 saturated carbocycles. The molecule has 0 unspecified atom stereocenters. The second-order valence-corrected chi connectivity index (χ2v) is 7.83. The second kappa shape index (κ2) is 7.06. The van der Waals surface area contributed by atoms with Crippen molar-refractivity contribution in [1.29, 1.82) is 5.26 Å². The number of nitro groups is 1. The predicted octanol–water partition coefficient (Wildman–Crippen LogP) is 5.64. The highest BCUT2D eigenvalue weighted by atomic mass is 32.1. The van der Waals surface area contributed by atoms with E-state index in [1.165, 1.54) is 10.9 Å². The lowest BCUT2D eigenvalue weighted by molar-refractivity contribution is -0.385. The van der Waals surface area contributed by atoms with E-state index in [4.69, 9.17) is 4.42 Å². The quantitative estimate of drug-likeness (QED) is 0.327. The molecule has 28 heavy (non-hydrogen) atoms. The van der Waals surface area contributed by atoms with E-state index in [2.05, 4.69) is 11.1 Å². The van der Waals surface area contributed by atoms with Gasteiger partial charge in [-0.1, -0.05) is 0 Å². The minimum Gasteiger partial charge on any atom is -0.455 e. The Labute approximate surface area is 165 Å². The van der Waals surface area contributed by atoms with E-state index in [1.807, 2.05) is 19.1 Å². The number of rotatable bonds is 4. The minimum absolute atomic E-state index is 0.101. The van der Waals surface area contributed by atoms with E-state index < -0.39 is 0 Å². The highest BCUT2D eigenvalue weighted by molar-refractivity contribution is 7.16. The van der Waals surface area contributed by atoms with Gasteiger partial charge in [0.2, 0.25) is 0 Å². The van der Waals surface area contributed by atoms with E-state index in [-0.39, 0.29) is 10.6 Å². The Morgan fingerprint density at radius 1 is 1.25 bits per heavy atom. The fourth-order valence-electron chi connectivity index (χ4n) is 3.56. The topological polar surface area (TPSA) is 92.4 Å². The van der Waals surface area contributed by atoms with Crippen molar-refractivity contribution in [3.05, 3.63) is 67.3 Å². The zero-order chi connectivity index (χ0) is 19.8. The Hall–Kier alpha value is -3.24. The van der Waals surface area contributed by atoms with Crippen molar-refractivity contribution in [2.75, 3.05) is 0 Å². The number of nitriles is 1. The predicted molar refractivity (Wildman–Crippen MR) is 109 cm³/mol. The van der Waals surface area contributed by atoms with Gasteiger partial charge >= 0.3 is 0 Å². The summed E-state index contributed by atoms with van der Waals surface area (Å²) in [5.41, 5.74) is 4.19. The highest BCUT2D eigenvalue weighted by Crippen LogP contribution is 2.40. The molecule has 4 rings (SSSR count). The molecule has 2 aromatic heterocycles. The van der Waals surface area contributed by atoms with Crippen molar-refractivity contribution in [2.24, 2.45) is 4.99 Å². The van der Waals surface area contributed by atoms with Gasteiger partial charge in [0.05, 0.1) is 16.7 Å². The number of thiophene rings is 1. The number of fused-ring (bicyclic) bond motifs is 1. The zero-order valence-corrected chi connectivity index (χ0v) is 16.3. The summed E-state index contributed by atoms with van der Waals surface area (Å²) in [7, 11) is 0. The molecular weight excluding hydrogens is 374 g/mol. The normalized spacial score (nSPS) is 13.0. The van der Waals surface area contributed by atoms with Gasteiger partial charge in [0.25, 0.3) is 5.69 Å². The molecule has 1 aliphatic rings. The van der Waals surface area contributed by atoms with Crippen LogP contribution in [0.3, 0.4) is 0 Å². The van der Waals surface area contributed by atoms with Gasteiger partial charge in [0.1, 0.15) is 22.6 Å². The van der Waals surface area contributed by atoms with E-state index >= 15 is 0 Å². The first kappa shape index (κ1) is 18.1. The molecule has 1 aliphatic carbocycles. The second-order valence-electron chi connectivity index (χ2n) is 6.75. The van der Waals surface area contributed by atoms with Crippen LogP contribution in [0.5, 0.6) is 0 Å². The van der Waals surface area contributed by atoms with Gasteiger partial charge in [0, 0.05) is 22.1 Å². The van der Waals surface area contributed by atoms with Gasteiger partial charge in [-0.25, -0.2) is 4.99 Å².